The molecule has 18 heavy (non-hydrogen) atoms. The number of amides is 1. The van der Waals surface area contributed by atoms with Crippen LogP contribution < -0.4 is 5.32 Å². The number of nitrogens with one attached hydrogen (secondary N) is 2. The Morgan fingerprint density at radius 3 is 2.83 bits per heavy atom. The first-order chi connectivity index (χ1) is 8.83. The molecule has 2 atom stereocenters. The number of hydrogen-bond donors (Lipinski definition) is 2. The Balaban J connectivity index is 1.52. The van der Waals surface area contributed by atoms with E-state index in [-0.39, 0.29) is 11.8 Å². The number of carbonyl (C=O) groups excluding carboxylic acids is 1. The fraction of sp³-hybridized carbons (Fsp3) is 0.462. The fourth-order valence-corrected chi connectivity index (χ4v) is 3.35. The molecule has 0 radical (unpaired) electrons. The molecule has 0 unspecified atom stereocenters. The highest BCUT2D eigenvalue weighted by atomic mass is 16.2. The lowest BCUT2D eigenvalue weighted by atomic mass is 10.1. The third-order valence-corrected chi connectivity index (χ3v) is 4.29. The van der Waals surface area contributed by atoms with Gasteiger partial charge in [-0.2, -0.15) is 15.4 Å². The fourth-order valence-electron chi connectivity index (χ4n) is 3.35. The van der Waals surface area contributed by atoms with Crippen LogP contribution in [0.5, 0.6) is 0 Å². The van der Waals surface area contributed by atoms with Gasteiger partial charge in [-0.15, -0.1) is 0 Å². The number of benzene rings is 1. The van der Waals surface area contributed by atoms with Crippen LogP contribution in [0.4, 0.5) is 5.69 Å². The van der Waals surface area contributed by atoms with Gasteiger partial charge in [0.15, 0.2) is 0 Å². The standard InChI is InChI=1S/C13H14N4O/c18-13(12-8-2-1-3-9(8)12)14-7-4-5-10-11(6-7)16-17-15-10/h4-6,8-9,12H,1-3H2,(H,14,18)(H,15,16,17)/t8-,9-/m1/s1. The number of nitrogens with zero attached hydrogens (tertiary/aromatic N) is 2. The van der Waals surface area contributed by atoms with Crippen molar-refractivity contribution in [3.63, 3.8) is 0 Å². The molecule has 5 heteroatoms. The van der Waals surface area contributed by atoms with Gasteiger partial charge in [-0.3, -0.25) is 4.79 Å². The Kier molecular flexibility index (Phi) is 1.98. The Hall–Kier alpha value is -1.91. The Morgan fingerprint density at radius 2 is 2.00 bits per heavy atom. The second-order valence-corrected chi connectivity index (χ2v) is 5.30. The van der Waals surface area contributed by atoms with Gasteiger partial charge in [0.25, 0.3) is 0 Å². The Labute approximate surface area is 104 Å². The Morgan fingerprint density at radius 1 is 1.22 bits per heavy atom. The minimum Gasteiger partial charge on any atom is -0.326 e. The topological polar surface area (TPSA) is 70.7 Å². The molecule has 1 aromatic heterocycles. The van der Waals surface area contributed by atoms with Crippen molar-refractivity contribution in [3.8, 4) is 0 Å². The van der Waals surface area contributed by atoms with Gasteiger partial charge in [0.2, 0.25) is 5.91 Å². The van der Waals surface area contributed by atoms with Gasteiger partial charge in [-0.1, -0.05) is 6.42 Å². The normalized spacial score (nSPS) is 29.2. The highest BCUT2D eigenvalue weighted by Gasteiger charge is 2.56. The van der Waals surface area contributed by atoms with E-state index in [1.165, 1.54) is 19.3 Å². The van der Waals surface area contributed by atoms with Gasteiger partial charge in [-0.05, 0) is 42.9 Å². The molecule has 2 aromatic rings. The number of hydrogen-bond acceptors (Lipinski definition) is 3. The monoisotopic (exact) mass is 242 g/mol. The number of carbonyl (C=O) groups is 1. The van der Waals surface area contributed by atoms with Crippen LogP contribution in [0.2, 0.25) is 0 Å². The molecule has 0 spiro atoms. The molecule has 2 fully saturated rings. The van der Waals surface area contributed by atoms with Crippen LogP contribution in [-0.2, 0) is 4.79 Å². The summed E-state index contributed by atoms with van der Waals surface area (Å²) >= 11 is 0. The molecule has 1 amide bonds. The maximum Gasteiger partial charge on any atom is 0.228 e. The lowest BCUT2D eigenvalue weighted by Gasteiger charge is -2.06. The first-order valence-electron chi connectivity index (χ1n) is 6.44. The lowest BCUT2D eigenvalue weighted by Crippen LogP contribution is -2.16. The third-order valence-electron chi connectivity index (χ3n) is 4.29. The van der Waals surface area contributed by atoms with E-state index in [4.69, 9.17) is 0 Å². The summed E-state index contributed by atoms with van der Waals surface area (Å²) in [5, 5.41) is 13.6. The van der Waals surface area contributed by atoms with Crippen LogP contribution >= 0.6 is 0 Å². The van der Waals surface area contributed by atoms with Crippen LogP contribution in [0.1, 0.15) is 19.3 Å². The number of rotatable bonds is 2. The number of anilines is 1. The van der Waals surface area contributed by atoms with E-state index < -0.39 is 0 Å². The van der Waals surface area contributed by atoms with Gasteiger partial charge >= 0.3 is 0 Å². The molecular formula is C13H14N4O. The summed E-state index contributed by atoms with van der Waals surface area (Å²) in [6, 6.07) is 5.60. The number of aromatic nitrogens is 3. The highest BCUT2D eigenvalue weighted by Crippen LogP contribution is 2.57. The summed E-state index contributed by atoms with van der Waals surface area (Å²) in [5.41, 5.74) is 2.41. The third kappa shape index (κ3) is 1.43. The molecular weight excluding hydrogens is 228 g/mol. The average Bonchev–Trinajstić information content (AvgIpc) is 2.78. The minimum atomic E-state index is 0.174. The van der Waals surface area contributed by atoms with Gasteiger partial charge in [-0.25, -0.2) is 0 Å². The second-order valence-electron chi connectivity index (χ2n) is 5.30. The largest absolute Gasteiger partial charge is 0.326 e. The summed E-state index contributed by atoms with van der Waals surface area (Å²) in [4.78, 5) is 12.1. The van der Waals surface area contributed by atoms with Crippen LogP contribution in [0.3, 0.4) is 0 Å². The summed E-state index contributed by atoms with van der Waals surface area (Å²) < 4.78 is 0. The molecule has 0 aliphatic heterocycles. The van der Waals surface area contributed by atoms with Crippen LogP contribution in [-0.4, -0.2) is 21.3 Å². The summed E-state index contributed by atoms with van der Waals surface area (Å²) in [6.07, 6.45) is 3.75. The van der Waals surface area contributed by atoms with Gasteiger partial charge in [0.1, 0.15) is 11.0 Å². The van der Waals surface area contributed by atoms with E-state index in [0.29, 0.717) is 11.8 Å². The van der Waals surface area contributed by atoms with Crippen LogP contribution in [0, 0.1) is 17.8 Å². The number of fused-ring (bicyclic) bond motifs is 2. The van der Waals surface area contributed by atoms with Crippen molar-refractivity contribution in [3.05, 3.63) is 18.2 Å². The van der Waals surface area contributed by atoms with Crippen molar-refractivity contribution < 1.29 is 4.79 Å². The molecule has 92 valence electrons. The minimum absolute atomic E-state index is 0.174. The first kappa shape index (κ1) is 10.1. The predicted octanol–water partition coefficient (Wildman–Crippen LogP) is 1.94. The second kappa shape index (κ2) is 3.54. The van der Waals surface area contributed by atoms with Crippen molar-refractivity contribution in [2.45, 2.75) is 19.3 Å². The van der Waals surface area contributed by atoms with Crippen LogP contribution in [0.15, 0.2) is 18.2 Å². The SMILES string of the molecule is O=C(Nc1ccc2n[nH]nc2c1)C1[C@@H]2CCC[C@@H]12. The van der Waals surface area contributed by atoms with E-state index in [1.807, 2.05) is 18.2 Å². The lowest BCUT2D eigenvalue weighted by molar-refractivity contribution is -0.118. The zero-order valence-electron chi connectivity index (χ0n) is 9.89. The predicted molar refractivity (Wildman–Crippen MR) is 66.8 cm³/mol. The molecule has 0 saturated heterocycles. The van der Waals surface area contributed by atoms with Crippen molar-refractivity contribution >= 4 is 22.6 Å². The molecule has 2 aliphatic rings. The molecule has 1 heterocycles. The van der Waals surface area contributed by atoms with Crippen molar-refractivity contribution in [1.82, 2.24) is 15.4 Å². The van der Waals surface area contributed by atoms with Gasteiger partial charge in [0, 0.05) is 11.6 Å². The zero-order valence-corrected chi connectivity index (χ0v) is 9.89. The molecule has 4 rings (SSSR count). The van der Waals surface area contributed by atoms with E-state index >= 15 is 0 Å². The van der Waals surface area contributed by atoms with E-state index in [2.05, 4.69) is 20.7 Å². The molecule has 2 saturated carbocycles. The van der Waals surface area contributed by atoms with Crippen molar-refractivity contribution in [2.75, 3.05) is 5.32 Å². The summed E-state index contributed by atoms with van der Waals surface area (Å²) in [6.45, 7) is 0. The Bertz CT molecular complexity index is 610. The maximum atomic E-state index is 12.1. The first-order valence-corrected chi connectivity index (χ1v) is 6.44. The average molecular weight is 242 g/mol. The number of aromatic amines is 1. The highest BCUT2D eigenvalue weighted by molar-refractivity contribution is 5.96. The summed E-state index contributed by atoms with van der Waals surface area (Å²) in [7, 11) is 0. The zero-order chi connectivity index (χ0) is 12.1. The smallest absolute Gasteiger partial charge is 0.228 e. The van der Waals surface area contributed by atoms with E-state index in [0.717, 1.165) is 16.7 Å². The van der Waals surface area contributed by atoms with E-state index in [1.54, 1.807) is 0 Å². The molecule has 2 aliphatic carbocycles. The maximum absolute atomic E-state index is 12.1. The van der Waals surface area contributed by atoms with Crippen LogP contribution in [0.25, 0.3) is 11.0 Å². The van der Waals surface area contributed by atoms with Crippen molar-refractivity contribution in [2.24, 2.45) is 17.8 Å². The van der Waals surface area contributed by atoms with Gasteiger partial charge in [0.05, 0.1) is 0 Å². The quantitative estimate of drug-likeness (QED) is 0.845. The van der Waals surface area contributed by atoms with Crippen molar-refractivity contribution in [1.29, 1.82) is 0 Å². The van der Waals surface area contributed by atoms with Gasteiger partial charge < -0.3 is 5.32 Å². The van der Waals surface area contributed by atoms with E-state index in [9.17, 15) is 4.79 Å². The summed E-state index contributed by atoms with van der Waals surface area (Å²) in [5.74, 6) is 1.74. The molecule has 0 bridgehead atoms. The molecule has 1 aromatic carbocycles. The molecule has 2 N–H and O–H groups in total. The number of H-pyrrole nitrogens is 1. The molecule has 5 nitrogen and oxygen atoms in total.